The summed E-state index contributed by atoms with van der Waals surface area (Å²) in [6.45, 7) is 0. The highest BCUT2D eigenvalue weighted by atomic mass is 19.1. The summed E-state index contributed by atoms with van der Waals surface area (Å²) in [4.78, 5) is 16.2. The van der Waals surface area contributed by atoms with E-state index in [-0.39, 0.29) is 22.7 Å². The molecule has 28 heavy (non-hydrogen) atoms. The lowest BCUT2D eigenvalue weighted by atomic mass is 9.99. The highest BCUT2D eigenvalue weighted by molar-refractivity contribution is 5.97. The van der Waals surface area contributed by atoms with E-state index >= 15 is 0 Å². The van der Waals surface area contributed by atoms with Crippen molar-refractivity contribution < 1.29 is 13.5 Å². The molecule has 3 aromatic rings. The van der Waals surface area contributed by atoms with Crippen LogP contribution in [-0.2, 0) is 7.05 Å². The van der Waals surface area contributed by atoms with Gasteiger partial charge < -0.3 is 20.8 Å². The lowest BCUT2D eigenvalue weighted by Crippen LogP contribution is -2.22. The standard InChI is InChI=1S/C20H18F2N4O2/c1-25-9-14-15(10-26(2)20(27)19(14)24)13-8-12(23)4-6-17(13)28-18-5-3-11(21)7-16(18)22/h3-10H,23-24H2,1-2H3. The Morgan fingerprint density at radius 1 is 1.07 bits per heavy atom. The van der Waals surface area contributed by atoms with E-state index in [1.54, 1.807) is 38.5 Å². The van der Waals surface area contributed by atoms with Gasteiger partial charge in [0.15, 0.2) is 11.6 Å². The van der Waals surface area contributed by atoms with Crippen LogP contribution >= 0.6 is 0 Å². The SMILES string of the molecule is CN=Cc1c(-c2cc(N)ccc2Oc2ccc(F)cc2F)cn(C)c(=O)c1N. The van der Waals surface area contributed by atoms with Crippen LogP contribution in [0.4, 0.5) is 20.2 Å². The first kappa shape index (κ1) is 19.1. The molecule has 0 saturated carbocycles. The van der Waals surface area contributed by atoms with Gasteiger partial charge in [0, 0.05) is 55.0 Å². The summed E-state index contributed by atoms with van der Waals surface area (Å²) in [6.07, 6.45) is 3.02. The van der Waals surface area contributed by atoms with Crippen LogP contribution in [0.3, 0.4) is 0 Å². The molecule has 1 aromatic heterocycles. The summed E-state index contributed by atoms with van der Waals surface area (Å²) in [5, 5.41) is 0. The van der Waals surface area contributed by atoms with Gasteiger partial charge in [-0.3, -0.25) is 9.79 Å². The van der Waals surface area contributed by atoms with Crippen LogP contribution in [-0.4, -0.2) is 17.8 Å². The van der Waals surface area contributed by atoms with Crippen LogP contribution in [0, 0.1) is 11.6 Å². The quantitative estimate of drug-likeness (QED) is 0.533. The van der Waals surface area contributed by atoms with Crippen molar-refractivity contribution in [3.05, 3.63) is 70.1 Å². The monoisotopic (exact) mass is 384 g/mol. The van der Waals surface area contributed by atoms with Gasteiger partial charge in [-0.05, 0) is 30.3 Å². The van der Waals surface area contributed by atoms with Crippen molar-refractivity contribution in [1.82, 2.24) is 4.57 Å². The van der Waals surface area contributed by atoms with Crippen LogP contribution in [0.1, 0.15) is 5.56 Å². The third-order valence-corrected chi connectivity index (χ3v) is 4.12. The van der Waals surface area contributed by atoms with Gasteiger partial charge in [0.25, 0.3) is 5.56 Å². The number of benzene rings is 2. The van der Waals surface area contributed by atoms with Crippen LogP contribution in [0.15, 0.2) is 52.4 Å². The molecule has 0 saturated heterocycles. The number of ether oxygens (including phenoxy) is 1. The van der Waals surface area contributed by atoms with E-state index in [9.17, 15) is 13.6 Å². The Kier molecular flexibility index (Phi) is 5.12. The number of hydrogen-bond acceptors (Lipinski definition) is 5. The maximum absolute atomic E-state index is 14.1. The molecule has 144 valence electrons. The Hall–Kier alpha value is -3.68. The molecule has 0 aliphatic carbocycles. The van der Waals surface area contributed by atoms with Crippen molar-refractivity contribution in [1.29, 1.82) is 0 Å². The second-order valence-electron chi connectivity index (χ2n) is 6.11. The molecule has 0 aliphatic rings. The van der Waals surface area contributed by atoms with Gasteiger partial charge >= 0.3 is 0 Å². The highest BCUT2D eigenvalue weighted by Crippen LogP contribution is 2.37. The normalized spacial score (nSPS) is 11.1. The smallest absolute Gasteiger partial charge is 0.274 e. The third-order valence-electron chi connectivity index (χ3n) is 4.12. The number of aromatic nitrogens is 1. The van der Waals surface area contributed by atoms with Crippen LogP contribution < -0.4 is 21.8 Å². The topological polar surface area (TPSA) is 95.6 Å². The summed E-state index contributed by atoms with van der Waals surface area (Å²) in [6, 6.07) is 7.76. The number of halogens is 2. The summed E-state index contributed by atoms with van der Waals surface area (Å²) < 4.78 is 34.2. The Morgan fingerprint density at radius 3 is 2.46 bits per heavy atom. The first-order valence-electron chi connectivity index (χ1n) is 8.26. The first-order valence-corrected chi connectivity index (χ1v) is 8.26. The van der Waals surface area contributed by atoms with Gasteiger partial charge in [0.05, 0.1) is 0 Å². The van der Waals surface area contributed by atoms with E-state index in [2.05, 4.69) is 4.99 Å². The Labute approximate surface area is 159 Å². The summed E-state index contributed by atoms with van der Waals surface area (Å²) >= 11 is 0. The van der Waals surface area contributed by atoms with E-state index in [1.807, 2.05) is 0 Å². The van der Waals surface area contributed by atoms with Crippen molar-refractivity contribution in [2.45, 2.75) is 0 Å². The van der Waals surface area contributed by atoms with Crippen LogP contribution in [0.2, 0.25) is 0 Å². The number of rotatable bonds is 4. The number of pyridine rings is 1. The average Bonchev–Trinajstić information content (AvgIpc) is 2.65. The van der Waals surface area contributed by atoms with Gasteiger partial charge in [-0.2, -0.15) is 0 Å². The first-order chi connectivity index (χ1) is 13.3. The number of aryl methyl sites for hydroxylation is 1. The molecule has 3 rings (SSSR count). The molecule has 0 aliphatic heterocycles. The molecule has 1 heterocycles. The summed E-state index contributed by atoms with van der Waals surface area (Å²) in [5.41, 5.74) is 13.4. The van der Waals surface area contributed by atoms with E-state index in [0.717, 1.165) is 12.1 Å². The lowest BCUT2D eigenvalue weighted by Gasteiger charge is -2.16. The van der Waals surface area contributed by atoms with Crippen molar-refractivity contribution >= 4 is 17.6 Å². The van der Waals surface area contributed by atoms with E-state index < -0.39 is 11.6 Å². The maximum Gasteiger partial charge on any atom is 0.274 e. The molecule has 4 N–H and O–H groups in total. The number of hydrogen-bond donors (Lipinski definition) is 2. The van der Waals surface area contributed by atoms with Crippen LogP contribution in [0.25, 0.3) is 11.1 Å². The zero-order chi connectivity index (χ0) is 20.4. The fourth-order valence-electron chi connectivity index (χ4n) is 2.78. The van der Waals surface area contributed by atoms with E-state index in [0.29, 0.717) is 22.4 Å². The van der Waals surface area contributed by atoms with Crippen LogP contribution in [0.5, 0.6) is 11.5 Å². The van der Waals surface area contributed by atoms with Crippen molar-refractivity contribution in [2.24, 2.45) is 12.0 Å². The fourth-order valence-corrected chi connectivity index (χ4v) is 2.78. The minimum atomic E-state index is -0.849. The second kappa shape index (κ2) is 7.51. The Bertz CT molecular complexity index is 1140. The lowest BCUT2D eigenvalue weighted by molar-refractivity contribution is 0.439. The largest absolute Gasteiger partial charge is 0.454 e. The molecule has 0 amide bonds. The molecule has 8 heteroatoms. The second-order valence-corrected chi connectivity index (χ2v) is 6.11. The molecule has 2 aromatic carbocycles. The third kappa shape index (κ3) is 3.57. The molecule has 0 spiro atoms. The zero-order valence-corrected chi connectivity index (χ0v) is 15.2. The fraction of sp³-hybridized carbons (Fsp3) is 0.100. The molecule has 0 unspecified atom stereocenters. The number of nitrogens with two attached hydrogens (primary N) is 2. The predicted molar refractivity (Wildman–Crippen MR) is 106 cm³/mol. The number of aliphatic imine (C=N–C) groups is 1. The van der Waals surface area contributed by atoms with Gasteiger partial charge in [-0.15, -0.1) is 0 Å². The minimum absolute atomic E-state index is 0.00642. The molecule has 0 fully saturated rings. The van der Waals surface area contributed by atoms with E-state index in [4.69, 9.17) is 16.2 Å². The molecular weight excluding hydrogens is 366 g/mol. The maximum atomic E-state index is 14.1. The summed E-state index contributed by atoms with van der Waals surface area (Å²) in [5.74, 6) is -1.47. The average molecular weight is 384 g/mol. The number of anilines is 2. The van der Waals surface area contributed by atoms with Crippen molar-refractivity contribution in [3.63, 3.8) is 0 Å². The molecular formula is C20H18F2N4O2. The Morgan fingerprint density at radius 2 is 1.79 bits per heavy atom. The molecule has 0 bridgehead atoms. The predicted octanol–water partition coefficient (Wildman–Crippen LogP) is 3.34. The van der Waals surface area contributed by atoms with Crippen molar-refractivity contribution in [3.8, 4) is 22.6 Å². The molecule has 0 radical (unpaired) electrons. The van der Waals surface area contributed by atoms with Crippen molar-refractivity contribution in [2.75, 3.05) is 18.5 Å². The Balaban J connectivity index is 2.23. The van der Waals surface area contributed by atoms with Gasteiger partial charge in [-0.25, -0.2) is 8.78 Å². The van der Waals surface area contributed by atoms with E-state index in [1.165, 1.54) is 16.8 Å². The number of nitrogens with zero attached hydrogens (tertiary/aromatic N) is 2. The highest BCUT2D eigenvalue weighted by Gasteiger charge is 2.18. The van der Waals surface area contributed by atoms with Gasteiger partial charge in [0.1, 0.15) is 17.3 Å². The summed E-state index contributed by atoms with van der Waals surface area (Å²) in [7, 11) is 3.10. The zero-order valence-electron chi connectivity index (χ0n) is 15.2. The molecule has 0 atom stereocenters. The van der Waals surface area contributed by atoms with Gasteiger partial charge in [0.2, 0.25) is 0 Å². The molecule has 6 nitrogen and oxygen atoms in total. The minimum Gasteiger partial charge on any atom is -0.454 e. The number of nitrogen functional groups attached to an aromatic ring is 2. The van der Waals surface area contributed by atoms with Gasteiger partial charge in [-0.1, -0.05) is 0 Å².